The number of methoxy groups -OCH3 is 1. The Labute approximate surface area is 251 Å². The Morgan fingerprint density at radius 1 is 1.26 bits per heavy atom. The molecule has 0 radical (unpaired) electrons. The van der Waals surface area contributed by atoms with Gasteiger partial charge in [-0.2, -0.15) is 0 Å². The Kier molecular flexibility index (Phi) is 8.39. The average molecular weight is 593 g/mol. The number of thioether (sulfide) groups is 1. The lowest BCUT2D eigenvalue weighted by Crippen LogP contribution is -2.46. The van der Waals surface area contributed by atoms with Crippen LogP contribution in [0.5, 0.6) is 5.75 Å². The number of piperidine rings is 1. The summed E-state index contributed by atoms with van der Waals surface area (Å²) in [5.74, 6) is 3.18. The first-order chi connectivity index (χ1) is 20.4. The second-order valence-electron chi connectivity index (χ2n) is 11.6. The van der Waals surface area contributed by atoms with Gasteiger partial charge in [-0.25, -0.2) is 9.98 Å². The molecule has 42 heavy (non-hydrogen) atoms. The number of fused-ring (bicyclic) bond motifs is 4. The van der Waals surface area contributed by atoms with Gasteiger partial charge in [-0.15, -0.1) is 0 Å². The summed E-state index contributed by atoms with van der Waals surface area (Å²) < 4.78 is 16.9. The molecule has 0 saturated carbocycles. The fraction of sp³-hybridized carbons (Fsp3) is 0.533. The maximum Gasteiger partial charge on any atom is 0.175 e. The predicted molar refractivity (Wildman–Crippen MR) is 165 cm³/mol. The molecule has 4 N–H and O–H groups in total. The van der Waals surface area contributed by atoms with Gasteiger partial charge in [-0.1, -0.05) is 17.8 Å². The number of nitrogens with zero attached hydrogens (tertiary/aromatic N) is 6. The molecule has 11 nitrogen and oxygen atoms in total. The number of aliphatic imine (C=N–C) groups is 2. The molecule has 0 amide bonds. The highest BCUT2D eigenvalue weighted by Gasteiger charge is 2.46. The van der Waals surface area contributed by atoms with E-state index in [0.717, 1.165) is 73.3 Å². The van der Waals surface area contributed by atoms with Crippen molar-refractivity contribution in [1.82, 2.24) is 14.9 Å². The van der Waals surface area contributed by atoms with E-state index in [1.165, 1.54) is 17.3 Å². The molecule has 1 aliphatic carbocycles. The van der Waals surface area contributed by atoms with E-state index in [9.17, 15) is 0 Å². The highest BCUT2D eigenvalue weighted by molar-refractivity contribution is 8.03. The van der Waals surface area contributed by atoms with Crippen molar-refractivity contribution in [2.24, 2.45) is 32.8 Å². The molecule has 5 heterocycles. The van der Waals surface area contributed by atoms with Gasteiger partial charge >= 0.3 is 0 Å². The van der Waals surface area contributed by atoms with Crippen molar-refractivity contribution in [2.75, 3.05) is 51.7 Å². The Morgan fingerprint density at radius 3 is 2.86 bits per heavy atom. The van der Waals surface area contributed by atoms with Crippen LogP contribution in [-0.4, -0.2) is 80.2 Å². The number of anilines is 1. The van der Waals surface area contributed by atoms with Crippen molar-refractivity contribution in [3.05, 3.63) is 52.7 Å². The minimum atomic E-state index is 0.0257. The lowest BCUT2D eigenvalue weighted by atomic mass is 9.73. The van der Waals surface area contributed by atoms with E-state index in [1.54, 1.807) is 13.3 Å². The standard InChI is InChI=1S/C30H40N8O3S/c1-19(37-11-7-30(8-12-37)14-23-22(26(30)31)5-4-9-34-23)36-27(32)29(33-2)42-24-6-10-35-28-25(24)41-17-21-13-20(15-38(21)28)16-40-18-39-3/h4-6,9-10,20-21,26H,2,7-8,11-18,31-32H2,1,3H3/b29-27+,36-19+/t20?,21-,26+/m0/s1. The largest absolute Gasteiger partial charge is 0.486 e. The zero-order valence-corrected chi connectivity index (χ0v) is 25.2. The van der Waals surface area contributed by atoms with Gasteiger partial charge in [-0.3, -0.25) is 9.98 Å². The summed E-state index contributed by atoms with van der Waals surface area (Å²) in [6.45, 7) is 9.94. The Balaban J connectivity index is 1.13. The smallest absolute Gasteiger partial charge is 0.175 e. The summed E-state index contributed by atoms with van der Waals surface area (Å²) >= 11 is 1.40. The lowest BCUT2D eigenvalue weighted by Gasteiger charge is -2.42. The second kappa shape index (κ2) is 12.2. The third-order valence-electron chi connectivity index (χ3n) is 9.11. The van der Waals surface area contributed by atoms with Gasteiger partial charge in [-0.05, 0) is 62.4 Å². The molecule has 12 heteroatoms. The minimum Gasteiger partial charge on any atom is -0.486 e. The predicted octanol–water partition coefficient (Wildman–Crippen LogP) is 3.32. The molecule has 3 atom stereocenters. The Hall–Kier alpha value is -3.19. The molecule has 2 aromatic heterocycles. The summed E-state index contributed by atoms with van der Waals surface area (Å²) in [5.41, 5.74) is 15.6. The van der Waals surface area contributed by atoms with Crippen molar-refractivity contribution in [2.45, 2.75) is 49.6 Å². The molecular formula is C30H40N8O3S. The SMILES string of the molecule is C=N/C(Sc1ccnc2c1OC[C@@H]1CC(COCOC)CN21)=C(N)\N=C(/C)N1CCC2(CC1)Cc1ncccc1[C@H]2N. The van der Waals surface area contributed by atoms with E-state index in [1.807, 2.05) is 25.3 Å². The number of nitrogens with two attached hydrogens (primary N) is 2. The summed E-state index contributed by atoms with van der Waals surface area (Å²) in [4.78, 5) is 23.8. The van der Waals surface area contributed by atoms with Gasteiger partial charge in [0.2, 0.25) is 0 Å². The molecule has 2 aromatic rings. The summed E-state index contributed by atoms with van der Waals surface area (Å²) in [6, 6.07) is 6.33. The Morgan fingerprint density at radius 2 is 2.10 bits per heavy atom. The number of hydrogen-bond donors (Lipinski definition) is 2. The fourth-order valence-corrected chi connectivity index (χ4v) is 7.65. The maximum atomic E-state index is 6.73. The van der Waals surface area contributed by atoms with E-state index >= 15 is 0 Å². The van der Waals surface area contributed by atoms with Crippen molar-refractivity contribution in [1.29, 1.82) is 0 Å². The van der Waals surface area contributed by atoms with Gasteiger partial charge in [0.05, 0.1) is 17.5 Å². The Bertz CT molecular complexity index is 1380. The molecular weight excluding hydrogens is 552 g/mol. The zero-order chi connectivity index (χ0) is 29.3. The number of rotatable bonds is 8. The van der Waals surface area contributed by atoms with E-state index in [-0.39, 0.29) is 17.5 Å². The van der Waals surface area contributed by atoms with E-state index < -0.39 is 0 Å². The van der Waals surface area contributed by atoms with Crippen LogP contribution in [0.25, 0.3) is 0 Å². The first kappa shape index (κ1) is 28.9. The monoisotopic (exact) mass is 592 g/mol. The van der Waals surface area contributed by atoms with E-state index in [0.29, 0.717) is 36.8 Å². The van der Waals surface area contributed by atoms with E-state index in [2.05, 4.69) is 37.5 Å². The van der Waals surface area contributed by atoms with Crippen molar-refractivity contribution < 1.29 is 14.2 Å². The van der Waals surface area contributed by atoms with Gasteiger partial charge < -0.3 is 35.5 Å². The fourth-order valence-electron chi connectivity index (χ4n) is 6.85. The number of pyridine rings is 2. The number of ether oxygens (including phenoxy) is 3. The highest BCUT2D eigenvalue weighted by Crippen LogP contribution is 2.50. The molecule has 0 aromatic carbocycles. The van der Waals surface area contributed by atoms with Crippen LogP contribution in [0, 0.1) is 11.3 Å². The molecule has 1 unspecified atom stereocenters. The molecule has 2 saturated heterocycles. The van der Waals surface area contributed by atoms with Gasteiger partial charge in [0, 0.05) is 56.8 Å². The zero-order valence-electron chi connectivity index (χ0n) is 24.4. The van der Waals surface area contributed by atoms with Crippen molar-refractivity contribution in [3.8, 4) is 5.75 Å². The third-order valence-corrected chi connectivity index (χ3v) is 10.2. The molecule has 224 valence electrons. The van der Waals surface area contributed by atoms with E-state index in [4.69, 9.17) is 30.7 Å². The lowest BCUT2D eigenvalue weighted by molar-refractivity contribution is -0.0414. The van der Waals surface area contributed by atoms with Crippen molar-refractivity contribution >= 4 is 30.1 Å². The number of aromatic nitrogens is 2. The first-order valence-electron chi connectivity index (χ1n) is 14.5. The minimum absolute atomic E-state index is 0.0257. The van der Waals surface area contributed by atoms with Crippen LogP contribution in [0.1, 0.15) is 43.5 Å². The normalized spacial score (nSPS) is 25.0. The summed E-state index contributed by atoms with van der Waals surface area (Å²) in [6.07, 6.45) is 7.58. The van der Waals surface area contributed by atoms with Crippen LogP contribution in [0.2, 0.25) is 0 Å². The van der Waals surface area contributed by atoms with Crippen molar-refractivity contribution in [3.63, 3.8) is 0 Å². The summed E-state index contributed by atoms with van der Waals surface area (Å²) in [7, 11) is 1.64. The third kappa shape index (κ3) is 5.48. The average Bonchev–Trinajstić information content (AvgIpc) is 3.55. The van der Waals surface area contributed by atoms with Crippen LogP contribution in [-0.2, 0) is 15.9 Å². The van der Waals surface area contributed by atoms with Crippen LogP contribution in [0.4, 0.5) is 5.82 Å². The molecule has 1 spiro atoms. The summed E-state index contributed by atoms with van der Waals surface area (Å²) in [5, 5.41) is 0.536. The molecule has 3 aliphatic heterocycles. The molecule has 4 aliphatic rings. The maximum absolute atomic E-state index is 6.73. The van der Waals surface area contributed by atoms with Gasteiger partial charge in [0.15, 0.2) is 17.4 Å². The van der Waals surface area contributed by atoms with Gasteiger partial charge in [0.25, 0.3) is 0 Å². The van der Waals surface area contributed by atoms with Gasteiger partial charge in [0.1, 0.15) is 24.3 Å². The molecule has 2 fully saturated rings. The number of amidine groups is 1. The molecule has 6 rings (SSSR count). The highest BCUT2D eigenvalue weighted by atomic mass is 32.2. The number of likely N-dealkylation sites (tertiary alicyclic amines) is 1. The quantitative estimate of drug-likeness (QED) is 0.154. The second-order valence-corrected chi connectivity index (χ2v) is 12.6. The van der Waals surface area contributed by atoms with Crippen LogP contribution in [0.15, 0.2) is 56.3 Å². The number of hydrogen-bond acceptors (Lipinski definition) is 11. The van der Waals surface area contributed by atoms with Crippen LogP contribution >= 0.6 is 11.8 Å². The topological polar surface area (TPSA) is 137 Å². The van der Waals surface area contributed by atoms with Crippen LogP contribution < -0.4 is 21.1 Å². The van der Waals surface area contributed by atoms with Crippen LogP contribution in [0.3, 0.4) is 0 Å². The molecule has 0 bridgehead atoms. The first-order valence-corrected chi connectivity index (χ1v) is 15.3.